The number of pyridine rings is 1. The number of likely N-dealkylation sites (N-methyl/N-ethyl adjacent to an activating group) is 1. The van der Waals surface area contributed by atoms with E-state index in [-0.39, 0.29) is 24.7 Å². The summed E-state index contributed by atoms with van der Waals surface area (Å²) in [6.45, 7) is -0.249. The Hall–Kier alpha value is -2.88. The Morgan fingerprint density at radius 1 is 1.15 bits per heavy atom. The lowest BCUT2D eigenvalue weighted by Crippen LogP contribution is -2.44. The average molecular weight is 481 g/mol. The quantitative estimate of drug-likeness (QED) is 0.430. The molecule has 0 saturated carbocycles. The van der Waals surface area contributed by atoms with Crippen LogP contribution in [0.4, 0.5) is 23.8 Å². The molecule has 6 nitrogen and oxygen atoms in total. The largest absolute Gasteiger partial charge is 0.448 e. The minimum Gasteiger partial charge on any atom is -0.448 e. The number of anilines is 1. The third kappa shape index (κ3) is 7.31. The fraction of sp³-hybridized carbons (Fsp3) is 0.304. The van der Waals surface area contributed by atoms with Gasteiger partial charge in [0.2, 0.25) is 0 Å². The molecule has 1 amide bonds. The molecule has 2 aromatic carbocycles. The summed E-state index contributed by atoms with van der Waals surface area (Å²) >= 11 is 6.03. The molecule has 3 aromatic rings. The first-order valence-electron chi connectivity index (χ1n) is 10.2. The van der Waals surface area contributed by atoms with Crippen LogP contribution >= 0.6 is 11.6 Å². The smallest absolute Gasteiger partial charge is 0.412 e. The number of halogens is 4. The molecule has 2 N–H and O–H groups in total. The first kappa shape index (κ1) is 24.8. The Balaban J connectivity index is 1.61. The Bertz CT molecular complexity index is 1090. The van der Waals surface area contributed by atoms with Crippen molar-refractivity contribution in [1.82, 2.24) is 15.2 Å². The zero-order valence-electron chi connectivity index (χ0n) is 17.9. The number of hydrogen-bond acceptors (Lipinski definition) is 5. The van der Waals surface area contributed by atoms with E-state index in [4.69, 9.17) is 16.3 Å². The summed E-state index contributed by atoms with van der Waals surface area (Å²) in [7, 11) is 1.71. The number of carbonyl (C=O) groups excluding carboxylic acids is 1. The number of rotatable bonds is 10. The number of fused-ring (bicyclic) bond motifs is 1. The van der Waals surface area contributed by atoms with E-state index in [1.165, 1.54) is 12.1 Å². The molecule has 176 valence electrons. The fourth-order valence-electron chi connectivity index (χ4n) is 3.23. The average Bonchev–Trinajstić information content (AvgIpc) is 2.78. The molecule has 1 atom stereocenters. The molecule has 10 heteroatoms. The monoisotopic (exact) mass is 480 g/mol. The van der Waals surface area contributed by atoms with Gasteiger partial charge < -0.3 is 10.1 Å². The number of amides is 1. The van der Waals surface area contributed by atoms with Crippen molar-refractivity contribution >= 4 is 34.3 Å². The van der Waals surface area contributed by atoms with Gasteiger partial charge in [-0.15, -0.1) is 0 Å². The number of benzene rings is 2. The van der Waals surface area contributed by atoms with Gasteiger partial charge in [-0.1, -0.05) is 48.0 Å². The van der Waals surface area contributed by atoms with Crippen LogP contribution in [0.25, 0.3) is 10.8 Å². The van der Waals surface area contributed by atoms with Crippen LogP contribution in [-0.2, 0) is 11.3 Å². The van der Waals surface area contributed by atoms with E-state index in [0.717, 1.165) is 10.8 Å². The Morgan fingerprint density at radius 2 is 1.91 bits per heavy atom. The van der Waals surface area contributed by atoms with E-state index in [1.54, 1.807) is 30.3 Å². The zero-order chi connectivity index (χ0) is 23.8. The summed E-state index contributed by atoms with van der Waals surface area (Å²) in [4.78, 5) is 18.2. The van der Waals surface area contributed by atoms with Crippen LogP contribution in [0.1, 0.15) is 5.56 Å². The van der Waals surface area contributed by atoms with Crippen LogP contribution in [-0.4, -0.2) is 55.2 Å². The van der Waals surface area contributed by atoms with Crippen LogP contribution in [0.3, 0.4) is 0 Å². The van der Waals surface area contributed by atoms with Gasteiger partial charge in [0, 0.05) is 24.7 Å². The summed E-state index contributed by atoms with van der Waals surface area (Å²) in [5.74, 6) is -0.223. The van der Waals surface area contributed by atoms with Gasteiger partial charge in [0.05, 0.1) is 17.6 Å². The summed E-state index contributed by atoms with van der Waals surface area (Å²) in [6.07, 6.45) is -1.61. The van der Waals surface area contributed by atoms with Gasteiger partial charge in [0.15, 0.2) is 0 Å². The van der Waals surface area contributed by atoms with Crippen molar-refractivity contribution in [3.63, 3.8) is 0 Å². The molecule has 0 unspecified atom stereocenters. The van der Waals surface area contributed by atoms with E-state index in [9.17, 15) is 18.0 Å². The van der Waals surface area contributed by atoms with Gasteiger partial charge in [0.1, 0.15) is 18.2 Å². The van der Waals surface area contributed by atoms with Crippen LogP contribution in [0.5, 0.6) is 0 Å². The van der Waals surface area contributed by atoms with Gasteiger partial charge in [0.25, 0.3) is 6.43 Å². The highest BCUT2D eigenvalue weighted by Gasteiger charge is 2.20. The second kappa shape index (κ2) is 11.8. The van der Waals surface area contributed by atoms with Crippen molar-refractivity contribution in [3.8, 4) is 0 Å². The van der Waals surface area contributed by atoms with Crippen LogP contribution < -0.4 is 10.6 Å². The van der Waals surface area contributed by atoms with Crippen LogP contribution in [0, 0.1) is 5.82 Å². The van der Waals surface area contributed by atoms with E-state index in [1.807, 2.05) is 24.3 Å². The zero-order valence-corrected chi connectivity index (χ0v) is 18.7. The van der Waals surface area contributed by atoms with Gasteiger partial charge in [-0.25, -0.2) is 22.9 Å². The van der Waals surface area contributed by atoms with Gasteiger partial charge in [-0.05, 0) is 30.1 Å². The fourth-order valence-corrected chi connectivity index (χ4v) is 3.42. The van der Waals surface area contributed by atoms with Crippen molar-refractivity contribution in [2.24, 2.45) is 0 Å². The minimum atomic E-state index is -2.52. The Kier molecular flexibility index (Phi) is 8.87. The molecule has 1 heterocycles. The van der Waals surface area contributed by atoms with Gasteiger partial charge in [-0.2, -0.15) is 0 Å². The molecule has 3 rings (SSSR count). The summed E-state index contributed by atoms with van der Waals surface area (Å²) in [6, 6.07) is 13.3. The van der Waals surface area contributed by atoms with Crippen LogP contribution in [0.2, 0.25) is 5.02 Å². The van der Waals surface area contributed by atoms with E-state index >= 15 is 0 Å². The third-order valence-electron chi connectivity index (χ3n) is 5.02. The van der Waals surface area contributed by atoms with Crippen molar-refractivity contribution in [1.29, 1.82) is 0 Å². The maximum absolute atomic E-state index is 13.8. The highest BCUT2D eigenvalue weighted by Crippen LogP contribution is 2.21. The van der Waals surface area contributed by atoms with Crippen LogP contribution in [0.15, 0.2) is 54.7 Å². The van der Waals surface area contributed by atoms with Crippen molar-refractivity contribution in [2.45, 2.75) is 19.0 Å². The van der Waals surface area contributed by atoms with Gasteiger partial charge in [-0.3, -0.25) is 10.2 Å². The van der Waals surface area contributed by atoms with Crippen molar-refractivity contribution in [3.05, 3.63) is 71.1 Å². The van der Waals surface area contributed by atoms with E-state index < -0.39 is 30.9 Å². The highest BCUT2D eigenvalue weighted by atomic mass is 35.5. The summed E-state index contributed by atoms with van der Waals surface area (Å²) in [5.41, 5.74) is 0.530. The maximum Gasteiger partial charge on any atom is 0.412 e. The molecule has 0 saturated heterocycles. The lowest BCUT2D eigenvalue weighted by Gasteiger charge is -2.28. The Morgan fingerprint density at radius 3 is 2.67 bits per heavy atom. The number of aromatic nitrogens is 1. The number of hydrogen-bond donors (Lipinski definition) is 2. The van der Waals surface area contributed by atoms with E-state index in [0.29, 0.717) is 11.4 Å². The standard InChI is InChI=1S/C23H24ClF3N4O2/c1-31(13-17-7-4-8-19(25)22(17)24)18(11-28-12-20(26)27)14-33-23(32)30-21-9-15-5-2-3-6-16(15)10-29-21/h2-10,18,20,28H,11-14H2,1H3,(H,29,30,32)/t18-/m1/s1. The number of carbonyl (C=O) groups is 1. The molecule has 0 aliphatic heterocycles. The third-order valence-corrected chi connectivity index (χ3v) is 5.44. The van der Waals surface area contributed by atoms with Crippen molar-refractivity contribution in [2.75, 3.05) is 32.1 Å². The number of alkyl halides is 2. The molecule has 0 bridgehead atoms. The molecular formula is C23H24ClF3N4O2. The molecular weight excluding hydrogens is 457 g/mol. The lowest BCUT2D eigenvalue weighted by atomic mass is 10.1. The van der Waals surface area contributed by atoms with Crippen molar-refractivity contribution < 1.29 is 22.7 Å². The molecule has 0 fully saturated rings. The lowest BCUT2D eigenvalue weighted by molar-refractivity contribution is 0.0994. The minimum absolute atomic E-state index is 0.00956. The first-order valence-corrected chi connectivity index (χ1v) is 10.6. The summed E-state index contributed by atoms with van der Waals surface area (Å²) < 4.78 is 44.2. The summed E-state index contributed by atoms with van der Waals surface area (Å²) in [5, 5.41) is 7.04. The topological polar surface area (TPSA) is 66.5 Å². The molecule has 33 heavy (non-hydrogen) atoms. The van der Waals surface area contributed by atoms with E-state index in [2.05, 4.69) is 15.6 Å². The highest BCUT2D eigenvalue weighted by molar-refractivity contribution is 6.31. The maximum atomic E-state index is 13.8. The first-order chi connectivity index (χ1) is 15.8. The predicted molar refractivity (Wildman–Crippen MR) is 122 cm³/mol. The SMILES string of the molecule is CN(Cc1cccc(F)c1Cl)[C@H](CNCC(F)F)COC(=O)Nc1cc2ccccc2cn1. The molecule has 0 aliphatic carbocycles. The molecule has 0 spiro atoms. The second-order valence-electron chi connectivity index (χ2n) is 7.47. The predicted octanol–water partition coefficient (Wildman–Crippen LogP) is 4.93. The molecule has 0 aliphatic rings. The second-order valence-corrected chi connectivity index (χ2v) is 7.85. The number of ether oxygens (including phenoxy) is 1. The molecule has 0 radical (unpaired) electrons. The molecule has 1 aromatic heterocycles. The number of nitrogens with zero attached hydrogens (tertiary/aromatic N) is 2. The van der Waals surface area contributed by atoms with Gasteiger partial charge >= 0.3 is 6.09 Å². The normalized spacial score (nSPS) is 12.3. The Labute approximate surface area is 194 Å². The number of nitrogens with one attached hydrogen (secondary N) is 2.